The second kappa shape index (κ2) is 10.2. The maximum atomic E-state index is 12.7. The standard InChI is InChI=1S/C21H23F3N2O5S/c22-21(23,24)31-18-8-10-19(11-9-18)32(28,29)26-14-12-25(13-15-26)20(27)7-4-16-30-17-5-2-1-3-6-17/h1-3,5-6,8-11H,4,7,12-16H2. The Bertz CT molecular complexity index is 990. The normalized spacial score (nSPS) is 15.4. The van der Waals surface area contributed by atoms with Gasteiger partial charge in [0.15, 0.2) is 0 Å². The van der Waals surface area contributed by atoms with Crippen molar-refractivity contribution in [2.24, 2.45) is 0 Å². The van der Waals surface area contributed by atoms with Gasteiger partial charge in [-0.25, -0.2) is 8.42 Å². The van der Waals surface area contributed by atoms with Crippen molar-refractivity contribution in [2.45, 2.75) is 24.1 Å². The monoisotopic (exact) mass is 472 g/mol. The molecule has 0 spiro atoms. The van der Waals surface area contributed by atoms with Crippen molar-refractivity contribution in [1.29, 1.82) is 0 Å². The van der Waals surface area contributed by atoms with Crippen LogP contribution in [-0.2, 0) is 14.8 Å². The van der Waals surface area contributed by atoms with Crippen molar-refractivity contribution < 1.29 is 35.9 Å². The Morgan fingerprint density at radius 2 is 1.53 bits per heavy atom. The highest BCUT2D eigenvalue weighted by Gasteiger charge is 2.32. The van der Waals surface area contributed by atoms with Crippen molar-refractivity contribution in [2.75, 3.05) is 32.8 Å². The molecule has 0 N–H and O–H groups in total. The van der Waals surface area contributed by atoms with Gasteiger partial charge in [-0.15, -0.1) is 13.2 Å². The lowest BCUT2D eigenvalue weighted by Gasteiger charge is -2.34. The van der Waals surface area contributed by atoms with Gasteiger partial charge in [0.25, 0.3) is 0 Å². The van der Waals surface area contributed by atoms with E-state index >= 15 is 0 Å². The summed E-state index contributed by atoms with van der Waals surface area (Å²) in [6.07, 6.45) is -4.02. The van der Waals surface area contributed by atoms with E-state index in [0.29, 0.717) is 19.4 Å². The predicted molar refractivity (Wildman–Crippen MR) is 110 cm³/mol. The van der Waals surface area contributed by atoms with E-state index in [2.05, 4.69) is 4.74 Å². The molecule has 1 aliphatic heterocycles. The first-order valence-electron chi connectivity index (χ1n) is 9.97. The molecule has 11 heteroatoms. The third kappa shape index (κ3) is 6.60. The van der Waals surface area contributed by atoms with E-state index in [1.54, 1.807) is 4.90 Å². The number of alkyl halides is 3. The third-order valence-electron chi connectivity index (χ3n) is 4.83. The van der Waals surface area contributed by atoms with Crippen molar-refractivity contribution in [3.05, 3.63) is 54.6 Å². The first-order chi connectivity index (χ1) is 15.1. The van der Waals surface area contributed by atoms with Gasteiger partial charge < -0.3 is 14.4 Å². The van der Waals surface area contributed by atoms with E-state index < -0.39 is 22.1 Å². The van der Waals surface area contributed by atoms with Crippen LogP contribution in [0.25, 0.3) is 0 Å². The summed E-state index contributed by atoms with van der Waals surface area (Å²) >= 11 is 0. The SMILES string of the molecule is O=C(CCCOc1ccccc1)N1CCN(S(=O)(=O)c2ccc(OC(F)(F)F)cc2)CC1. The minimum Gasteiger partial charge on any atom is -0.494 e. The number of para-hydroxylation sites is 1. The highest BCUT2D eigenvalue weighted by molar-refractivity contribution is 7.89. The number of rotatable bonds is 8. The molecule has 1 saturated heterocycles. The molecule has 7 nitrogen and oxygen atoms in total. The molecule has 0 aromatic heterocycles. The highest BCUT2D eigenvalue weighted by Crippen LogP contribution is 2.25. The van der Waals surface area contributed by atoms with Gasteiger partial charge >= 0.3 is 6.36 Å². The van der Waals surface area contributed by atoms with Gasteiger partial charge in [0.2, 0.25) is 15.9 Å². The Balaban J connectivity index is 1.46. The Kier molecular flexibility index (Phi) is 7.62. The molecule has 174 valence electrons. The lowest BCUT2D eigenvalue weighted by Crippen LogP contribution is -2.50. The van der Waals surface area contributed by atoms with Crippen LogP contribution in [0.3, 0.4) is 0 Å². The molecule has 0 bridgehead atoms. The maximum absolute atomic E-state index is 12.7. The molecule has 0 radical (unpaired) electrons. The van der Waals surface area contributed by atoms with E-state index in [-0.39, 0.29) is 37.0 Å². The predicted octanol–water partition coefficient (Wildman–Crippen LogP) is 3.28. The highest BCUT2D eigenvalue weighted by atomic mass is 32.2. The average Bonchev–Trinajstić information content (AvgIpc) is 2.76. The maximum Gasteiger partial charge on any atom is 0.573 e. The molecule has 0 saturated carbocycles. The number of hydrogen-bond acceptors (Lipinski definition) is 5. The summed E-state index contributed by atoms with van der Waals surface area (Å²) in [7, 11) is -3.88. The minimum atomic E-state index is -4.85. The molecule has 1 fully saturated rings. The summed E-state index contributed by atoms with van der Waals surface area (Å²) in [6.45, 7) is 1.10. The number of carbonyl (C=O) groups excluding carboxylic acids is 1. The number of amides is 1. The Labute approximate surface area is 184 Å². The number of halogens is 3. The van der Waals surface area contributed by atoms with Crippen LogP contribution in [0, 0.1) is 0 Å². The molecule has 0 atom stereocenters. The second-order valence-corrected chi connectivity index (χ2v) is 9.01. The molecule has 1 heterocycles. The van der Waals surface area contributed by atoms with Crippen LogP contribution in [-0.4, -0.2) is 62.7 Å². The topological polar surface area (TPSA) is 76.2 Å². The molecular formula is C21H23F3N2O5S. The molecule has 2 aromatic rings. The minimum absolute atomic E-state index is 0.0765. The summed E-state index contributed by atoms with van der Waals surface area (Å²) in [6, 6.07) is 13.3. The van der Waals surface area contributed by atoms with Gasteiger partial charge in [0.05, 0.1) is 11.5 Å². The number of ether oxygens (including phenoxy) is 2. The van der Waals surface area contributed by atoms with E-state index in [4.69, 9.17) is 4.74 Å². The molecule has 3 rings (SSSR count). The molecular weight excluding hydrogens is 449 g/mol. The van der Waals surface area contributed by atoms with E-state index in [1.165, 1.54) is 4.31 Å². The van der Waals surface area contributed by atoms with E-state index in [1.807, 2.05) is 30.3 Å². The van der Waals surface area contributed by atoms with Crippen LogP contribution in [0.4, 0.5) is 13.2 Å². The first kappa shape index (κ1) is 23.9. The fourth-order valence-corrected chi connectivity index (χ4v) is 4.65. The lowest BCUT2D eigenvalue weighted by atomic mass is 10.2. The zero-order valence-corrected chi connectivity index (χ0v) is 17.9. The van der Waals surface area contributed by atoms with Gasteiger partial charge in [0.1, 0.15) is 11.5 Å². The molecule has 32 heavy (non-hydrogen) atoms. The summed E-state index contributed by atoms with van der Waals surface area (Å²) < 4.78 is 72.8. The van der Waals surface area contributed by atoms with E-state index in [0.717, 1.165) is 30.0 Å². The van der Waals surface area contributed by atoms with Gasteiger partial charge in [-0.2, -0.15) is 4.31 Å². The van der Waals surface area contributed by atoms with Gasteiger partial charge in [-0.3, -0.25) is 4.79 Å². The number of carbonyl (C=O) groups is 1. The van der Waals surface area contributed by atoms with Crippen LogP contribution in [0.5, 0.6) is 11.5 Å². The van der Waals surface area contributed by atoms with Crippen LogP contribution in [0.1, 0.15) is 12.8 Å². The quantitative estimate of drug-likeness (QED) is 0.552. The number of sulfonamides is 1. The fraction of sp³-hybridized carbons (Fsp3) is 0.381. The van der Waals surface area contributed by atoms with E-state index in [9.17, 15) is 26.4 Å². The molecule has 0 aliphatic carbocycles. The molecule has 1 aliphatic rings. The van der Waals surface area contributed by atoms with Gasteiger partial charge in [-0.05, 0) is 42.8 Å². The number of piperazine rings is 1. The van der Waals surface area contributed by atoms with Crippen molar-refractivity contribution >= 4 is 15.9 Å². The Morgan fingerprint density at radius 3 is 2.12 bits per heavy atom. The smallest absolute Gasteiger partial charge is 0.494 e. The third-order valence-corrected chi connectivity index (χ3v) is 6.75. The Hall–Kier alpha value is -2.79. The second-order valence-electron chi connectivity index (χ2n) is 7.07. The lowest BCUT2D eigenvalue weighted by molar-refractivity contribution is -0.274. The fourth-order valence-electron chi connectivity index (χ4n) is 3.23. The summed E-state index contributed by atoms with van der Waals surface area (Å²) in [5, 5.41) is 0. The van der Waals surface area contributed by atoms with Crippen LogP contribution in [0.15, 0.2) is 59.5 Å². The van der Waals surface area contributed by atoms with Crippen LogP contribution < -0.4 is 9.47 Å². The van der Waals surface area contributed by atoms with Crippen LogP contribution >= 0.6 is 0 Å². The van der Waals surface area contributed by atoms with Gasteiger partial charge in [-0.1, -0.05) is 18.2 Å². The van der Waals surface area contributed by atoms with Crippen LogP contribution in [0.2, 0.25) is 0 Å². The summed E-state index contributed by atoms with van der Waals surface area (Å²) in [4.78, 5) is 13.9. The van der Waals surface area contributed by atoms with Crippen molar-refractivity contribution in [3.63, 3.8) is 0 Å². The Morgan fingerprint density at radius 1 is 0.906 bits per heavy atom. The zero-order valence-electron chi connectivity index (χ0n) is 17.1. The number of nitrogens with zero attached hydrogens (tertiary/aromatic N) is 2. The van der Waals surface area contributed by atoms with Gasteiger partial charge in [0, 0.05) is 32.6 Å². The van der Waals surface area contributed by atoms with Crippen molar-refractivity contribution in [1.82, 2.24) is 9.21 Å². The zero-order chi connectivity index (χ0) is 23.2. The number of benzene rings is 2. The molecule has 1 amide bonds. The van der Waals surface area contributed by atoms with Crippen molar-refractivity contribution in [3.8, 4) is 11.5 Å². The molecule has 2 aromatic carbocycles. The first-order valence-corrected chi connectivity index (χ1v) is 11.4. The molecule has 0 unspecified atom stereocenters. The average molecular weight is 472 g/mol. The summed E-state index contributed by atoms with van der Waals surface area (Å²) in [5.74, 6) is 0.159. The summed E-state index contributed by atoms with van der Waals surface area (Å²) in [5.41, 5.74) is 0. The largest absolute Gasteiger partial charge is 0.573 e. The number of hydrogen-bond donors (Lipinski definition) is 0.